The van der Waals surface area contributed by atoms with Crippen LogP contribution < -0.4 is 9.47 Å². The van der Waals surface area contributed by atoms with Crippen LogP contribution in [0.15, 0.2) is 103 Å². The zero-order valence-electron chi connectivity index (χ0n) is 30.7. The Hall–Kier alpha value is -4.04. The Morgan fingerprint density at radius 3 is 2.63 bits per heavy atom. The molecule has 0 amide bonds. The zero-order valence-corrected chi connectivity index (χ0v) is 31.6. The molecule has 3 heterocycles. The van der Waals surface area contributed by atoms with Crippen LogP contribution in [0, 0.1) is 5.41 Å². The number of carbonyl (C=O) groups excluding carboxylic acids is 1. The van der Waals surface area contributed by atoms with Crippen molar-refractivity contribution in [1.29, 1.82) is 0 Å². The van der Waals surface area contributed by atoms with Crippen LogP contribution in [0.25, 0.3) is 27.1 Å². The number of nitrogens with zero attached hydrogens (tertiary/aromatic N) is 2. The molecule has 2 aliphatic rings. The molecule has 6 nitrogen and oxygen atoms in total. The van der Waals surface area contributed by atoms with Crippen molar-refractivity contribution in [1.82, 2.24) is 0 Å². The minimum absolute atomic E-state index is 0.0978. The van der Waals surface area contributed by atoms with Crippen molar-refractivity contribution in [2.75, 3.05) is 31.3 Å². The van der Waals surface area contributed by atoms with E-state index in [2.05, 4.69) is 128 Å². The van der Waals surface area contributed by atoms with E-state index >= 15 is 0 Å². The number of benzene rings is 3. The molecule has 0 aliphatic carbocycles. The summed E-state index contributed by atoms with van der Waals surface area (Å²) in [5.74, 6) is -0.0978. The number of ether oxygens (including phenoxy) is 3. The first kappa shape index (κ1) is 36.7. The summed E-state index contributed by atoms with van der Waals surface area (Å²) in [6.07, 6.45) is 18.1. The number of unbranched alkanes of at least 4 members (excludes halogenated alkanes) is 2. The summed E-state index contributed by atoms with van der Waals surface area (Å²) in [7, 11) is 0. The fraction of sp³-hybridized carbons (Fsp3) is 0.409. The van der Waals surface area contributed by atoms with Gasteiger partial charge in [-0.05, 0) is 76.1 Å². The summed E-state index contributed by atoms with van der Waals surface area (Å²) in [5.41, 5.74) is 4.84. The molecular formula is C44H53N2O4S+. The van der Waals surface area contributed by atoms with E-state index in [-0.39, 0.29) is 23.1 Å². The Morgan fingerprint density at radius 2 is 1.82 bits per heavy atom. The van der Waals surface area contributed by atoms with Gasteiger partial charge in [-0.1, -0.05) is 90.9 Å². The van der Waals surface area contributed by atoms with E-state index in [1.54, 1.807) is 0 Å². The molecule has 0 radical (unpaired) electrons. The minimum atomic E-state index is -0.227. The third-order valence-corrected chi connectivity index (χ3v) is 11.4. The first-order valence-electron chi connectivity index (χ1n) is 18.5. The largest absolute Gasteiger partial charge is 0.466 e. The van der Waals surface area contributed by atoms with Crippen LogP contribution >= 0.6 is 11.3 Å². The van der Waals surface area contributed by atoms with E-state index in [4.69, 9.17) is 14.2 Å². The fourth-order valence-electron chi connectivity index (χ4n) is 7.65. The molecule has 6 rings (SSSR count). The van der Waals surface area contributed by atoms with E-state index in [0.29, 0.717) is 26.2 Å². The highest BCUT2D eigenvalue weighted by Gasteiger charge is 2.42. The van der Waals surface area contributed by atoms with Gasteiger partial charge in [0.25, 0.3) is 5.01 Å². The number of aromatic nitrogens is 1. The quantitative estimate of drug-likeness (QED) is 0.0382. The molecule has 7 heteroatoms. The maximum Gasteiger partial charge on any atom is 0.305 e. The summed E-state index contributed by atoms with van der Waals surface area (Å²) >= 11 is 1.84. The van der Waals surface area contributed by atoms with Crippen molar-refractivity contribution < 1.29 is 23.6 Å². The Bertz CT molecular complexity index is 1930. The molecule has 0 saturated carbocycles. The van der Waals surface area contributed by atoms with Gasteiger partial charge in [-0.15, -0.1) is 6.58 Å². The maximum absolute atomic E-state index is 11.9. The van der Waals surface area contributed by atoms with Crippen LogP contribution in [0.2, 0.25) is 0 Å². The van der Waals surface area contributed by atoms with Crippen LogP contribution in [-0.2, 0) is 31.0 Å². The van der Waals surface area contributed by atoms with E-state index in [0.717, 1.165) is 45.2 Å². The van der Waals surface area contributed by atoms with Crippen molar-refractivity contribution in [3.05, 3.63) is 114 Å². The first-order valence-corrected chi connectivity index (χ1v) is 19.3. The maximum atomic E-state index is 11.9. The van der Waals surface area contributed by atoms with Crippen LogP contribution in [0.4, 0.5) is 5.69 Å². The molecule has 0 N–H and O–H groups in total. The molecule has 1 fully saturated rings. The Morgan fingerprint density at radius 1 is 1.04 bits per heavy atom. The summed E-state index contributed by atoms with van der Waals surface area (Å²) in [5, 5.41) is 3.72. The number of anilines is 1. The topological polar surface area (TPSA) is 51.9 Å². The number of hydrogen-bond donors (Lipinski definition) is 0. The second-order valence-corrected chi connectivity index (χ2v) is 15.5. The number of thiazole rings is 1. The van der Waals surface area contributed by atoms with Crippen LogP contribution in [0.3, 0.4) is 0 Å². The van der Waals surface area contributed by atoms with Gasteiger partial charge in [0.1, 0.15) is 4.70 Å². The lowest BCUT2D eigenvalue weighted by Gasteiger charge is -2.30. The number of esters is 1. The normalized spacial score (nSPS) is 19.0. The molecule has 1 saturated heterocycles. The average molecular weight is 706 g/mol. The molecule has 1 unspecified atom stereocenters. The molecule has 0 spiro atoms. The van der Waals surface area contributed by atoms with Gasteiger partial charge >= 0.3 is 5.97 Å². The molecule has 0 bridgehead atoms. The number of carbonyl (C=O) groups is 1. The third-order valence-electron chi connectivity index (χ3n) is 10.2. The molecule has 2 aliphatic heterocycles. The molecular weight excluding hydrogens is 653 g/mol. The smallest absolute Gasteiger partial charge is 0.305 e. The highest BCUT2D eigenvalue weighted by atomic mass is 32.1. The van der Waals surface area contributed by atoms with E-state index in [1.807, 2.05) is 24.3 Å². The Kier molecular flexibility index (Phi) is 11.9. The van der Waals surface area contributed by atoms with Gasteiger partial charge < -0.3 is 19.1 Å². The standard InChI is InChI=1S/C44H53N2O4S/c1-6-8-29-45-36-22-17-16-21-35(36)44(5,28-18-10-13-25-40(47)48-7-2)38(45)23-11-9-12-24-39-46(32-43(3,4)42-49-30-31-50-42)37-27-26-33-19-14-15-20-34(33)41(37)51-39/h6,9,11-12,14-17,19-24,26-27,42H,1,7-8,10,13,18,25,28-32H2,2-5H3/q+1. The fourth-order valence-corrected chi connectivity index (χ4v) is 8.86. The van der Waals surface area contributed by atoms with Gasteiger partial charge in [0, 0.05) is 47.3 Å². The van der Waals surface area contributed by atoms with Gasteiger partial charge in [0.05, 0.1) is 25.2 Å². The van der Waals surface area contributed by atoms with E-state index < -0.39 is 0 Å². The summed E-state index contributed by atoms with van der Waals surface area (Å²) in [4.78, 5) is 14.4. The molecule has 4 aromatic rings. The number of hydrogen-bond acceptors (Lipinski definition) is 6. The summed E-state index contributed by atoms with van der Waals surface area (Å²) in [6, 6.07) is 21.9. The summed E-state index contributed by atoms with van der Waals surface area (Å²) in [6.45, 7) is 16.1. The van der Waals surface area contributed by atoms with Crippen molar-refractivity contribution in [3.8, 4) is 0 Å². The second kappa shape index (κ2) is 16.5. The lowest BCUT2D eigenvalue weighted by molar-refractivity contribution is -0.684. The van der Waals surface area contributed by atoms with Crippen molar-refractivity contribution in [2.45, 2.75) is 84.5 Å². The van der Waals surface area contributed by atoms with E-state index in [9.17, 15) is 4.79 Å². The number of allylic oxidation sites excluding steroid dienone is 5. The average Bonchev–Trinajstić information content (AvgIpc) is 3.85. The monoisotopic (exact) mass is 705 g/mol. The molecule has 3 aromatic carbocycles. The number of rotatable bonds is 16. The summed E-state index contributed by atoms with van der Waals surface area (Å²) < 4.78 is 20.8. The van der Waals surface area contributed by atoms with E-state index in [1.165, 1.54) is 42.9 Å². The van der Waals surface area contributed by atoms with Crippen LogP contribution in [0.5, 0.6) is 0 Å². The lowest BCUT2D eigenvalue weighted by Crippen LogP contribution is -2.47. The van der Waals surface area contributed by atoms with Crippen LogP contribution in [-0.4, -0.2) is 38.6 Å². The lowest BCUT2D eigenvalue weighted by atomic mass is 9.77. The van der Waals surface area contributed by atoms with Gasteiger partial charge in [0.15, 0.2) is 12.8 Å². The second-order valence-electron chi connectivity index (χ2n) is 14.5. The molecule has 268 valence electrons. The zero-order chi connectivity index (χ0) is 35.8. The first-order chi connectivity index (χ1) is 24.8. The van der Waals surface area contributed by atoms with Crippen LogP contribution in [0.1, 0.15) is 76.8 Å². The predicted octanol–water partition coefficient (Wildman–Crippen LogP) is 10.1. The predicted molar refractivity (Wildman–Crippen MR) is 211 cm³/mol. The highest BCUT2D eigenvalue weighted by Crippen LogP contribution is 2.50. The Labute approximate surface area is 307 Å². The third kappa shape index (κ3) is 8.06. The molecule has 1 aromatic heterocycles. The minimum Gasteiger partial charge on any atom is -0.466 e. The van der Waals surface area contributed by atoms with Crippen molar-refractivity contribution in [2.24, 2.45) is 5.41 Å². The van der Waals surface area contributed by atoms with Gasteiger partial charge in [-0.3, -0.25) is 4.79 Å². The SMILES string of the molecule is C=CCCN1/C(=C/C=C/C=C/c2sc3c4ccccc4ccc3[n+]2CC(C)(C)C2OCCO2)C(C)(CCCCCC(=O)OCC)c2ccccc21. The number of fused-ring (bicyclic) bond motifs is 4. The molecule has 1 atom stereocenters. The highest BCUT2D eigenvalue weighted by molar-refractivity contribution is 7.19. The molecule has 51 heavy (non-hydrogen) atoms. The van der Waals surface area contributed by atoms with Crippen molar-refractivity contribution in [3.63, 3.8) is 0 Å². The van der Waals surface area contributed by atoms with Gasteiger partial charge in [-0.25, -0.2) is 0 Å². The van der Waals surface area contributed by atoms with Gasteiger partial charge in [0.2, 0.25) is 5.52 Å². The van der Waals surface area contributed by atoms with Gasteiger partial charge in [-0.2, -0.15) is 4.57 Å². The Balaban J connectivity index is 1.28. The van der Waals surface area contributed by atoms with Crippen molar-refractivity contribution >= 4 is 50.1 Å². The number of para-hydroxylation sites is 1.